The molecule has 1 rings (SSSR count). The van der Waals surface area contributed by atoms with E-state index in [-0.39, 0.29) is 23.4 Å². The average molecular weight is 237 g/mol. The molecule has 17 heavy (non-hydrogen) atoms. The third-order valence-electron chi connectivity index (χ3n) is 2.39. The zero-order valence-electron chi connectivity index (χ0n) is 10.5. The van der Waals surface area contributed by atoms with Gasteiger partial charge in [-0.1, -0.05) is 0 Å². The Morgan fingerprint density at radius 2 is 2.29 bits per heavy atom. The van der Waals surface area contributed by atoms with Gasteiger partial charge in [-0.15, -0.1) is 0 Å². The highest BCUT2D eigenvalue weighted by molar-refractivity contribution is 5.94. The molecular formula is C12H19N3O2. The molecule has 0 aliphatic heterocycles. The minimum absolute atomic E-state index is 0.0475. The first-order chi connectivity index (χ1) is 8.00. The summed E-state index contributed by atoms with van der Waals surface area (Å²) in [4.78, 5) is 17.7. The molecule has 0 fully saturated rings. The summed E-state index contributed by atoms with van der Waals surface area (Å²) >= 11 is 0. The number of pyridine rings is 1. The second-order valence-corrected chi connectivity index (χ2v) is 4.34. The van der Waals surface area contributed by atoms with Gasteiger partial charge in [-0.2, -0.15) is 0 Å². The Balaban J connectivity index is 2.52. The molecule has 0 bridgehead atoms. The van der Waals surface area contributed by atoms with E-state index in [0.717, 1.165) is 13.0 Å². The van der Waals surface area contributed by atoms with Crippen molar-refractivity contribution in [1.82, 2.24) is 15.2 Å². The van der Waals surface area contributed by atoms with Crippen LogP contribution in [0, 0.1) is 0 Å². The van der Waals surface area contributed by atoms with Gasteiger partial charge in [-0.05, 0) is 46.1 Å². The van der Waals surface area contributed by atoms with Crippen molar-refractivity contribution in [3.8, 4) is 5.75 Å². The lowest BCUT2D eigenvalue weighted by atomic mass is 10.2. The number of carbonyl (C=O) groups is 1. The molecule has 2 N–H and O–H groups in total. The lowest BCUT2D eigenvalue weighted by Gasteiger charge is -2.16. The summed E-state index contributed by atoms with van der Waals surface area (Å²) in [5, 5.41) is 12.3. The van der Waals surface area contributed by atoms with Crippen LogP contribution in [0.1, 0.15) is 23.8 Å². The first-order valence-corrected chi connectivity index (χ1v) is 5.60. The Morgan fingerprint density at radius 3 is 2.88 bits per heavy atom. The lowest BCUT2D eigenvalue weighted by molar-refractivity contribution is 0.0929. The molecule has 0 aliphatic carbocycles. The lowest BCUT2D eigenvalue weighted by Crippen LogP contribution is -2.35. The smallest absolute Gasteiger partial charge is 0.273 e. The van der Waals surface area contributed by atoms with E-state index in [2.05, 4.69) is 15.2 Å². The van der Waals surface area contributed by atoms with Gasteiger partial charge in [0.05, 0.1) is 0 Å². The van der Waals surface area contributed by atoms with E-state index >= 15 is 0 Å². The Morgan fingerprint density at radius 1 is 1.59 bits per heavy atom. The molecule has 0 radical (unpaired) electrons. The van der Waals surface area contributed by atoms with Gasteiger partial charge in [-0.3, -0.25) is 4.79 Å². The molecule has 5 nitrogen and oxygen atoms in total. The monoisotopic (exact) mass is 237 g/mol. The SMILES string of the molecule is CC(CCN(C)C)NC(=O)c1ncccc1O. The zero-order valence-corrected chi connectivity index (χ0v) is 10.5. The van der Waals surface area contributed by atoms with E-state index in [1.807, 2.05) is 21.0 Å². The highest BCUT2D eigenvalue weighted by atomic mass is 16.3. The largest absolute Gasteiger partial charge is 0.505 e. The maximum atomic E-state index is 11.8. The molecule has 0 saturated heterocycles. The van der Waals surface area contributed by atoms with E-state index in [9.17, 15) is 9.90 Å². The van der Waals surface area contributed by atoms with E-state index < -0.39 is 0 Å². The van der Waals surface area contributed by atoms with Crippen molar-refractivity contribution in [3.63, 3.8) is 0 Å². The summed E-state index contributed by atoms with van der Waals surface area (Å²) in [5.74, 6) is -0.431. The number of hydrogen-bond acceptors (Lipinski definition) is 4. The number of hydrogen-bond donors (Lipinski definition) is 2. The van der Waals surface area contributed by atoms with Crippen LogP contribution in [-0.2, 0) is 0 Å². The maximum Gasteiger partial charge on any atom is 0.273 e. The van der Waals surface area contributed by atoms with Gasteiger partial charge in [-0.25, -0.2) is 4.98 Å². The third kappa shape index (κ3) is 4.40. The predicted octanol–water partition coefficient (Wildman–Crippen LogP) is 0.857. The van der Waals surface area contributed by atoms with Crippen LogP contribution in [0.4, 0.5) is 0 Å². The predicted molar refractivity (Wildman–Crippen MR) is 66.0 cm³/mol. The highest BCUT2D eigenvalue weighted by Crippen LogP contribution is 2.12. The van der Waals surface area contributed by atoms with E-state index in [1.54, 1.807) is 6.07 Å². The number of nitrogens with zero attached hydrogens (tertiary/aromatic N) is 2. The number of rotatable bonds is 5. The van der Waals surface area contributed by atoms with Crippen LogP contribution in [0.3, 0.4) is 0 Å². The first kappa shape index (κ1) is 13.4. The van der Waals surface area contributed by atoms with Gasteiger partial charge in [0, 0.05) is 12.2 Å². The fourth-order valence-corrected chi connectivity index (χ4v) is 1.39. The number of aromatic nitrogens is 1. The summed E-state index contributed by atoms with van der Waals surface area (Å²) in [6, 6.07) is 3.08. The second kappa shape index (κ2) is 6.20. The van der Waals surface area contributed by atoms with Crippen LogP contribution < -0.4 is 5.32 Å². The molecule has 0 spiro atoms. The molecule has 0 aliphatic rings. The minimum Gasteiger partial charge on any atom is -0.505 e. The van der Waals surface area contributed by atoms with Crippen molar-refractivity contribution in [2.75, 3.05) is 20.6 Å². The Bertz CT molecular complexity index is 380. The fraction of sp³-hybridized carbons (Fsp3) is 0.500. The summed E-state index contributed by atoms with van der Waals surface area (Å²) in [6.07, 6.45) is 2.34. The second-order valence-electron chi connectivity index (χ2n) is 4.34. The van der Waals surface area contributed by atoms with Crippen LogP contribution in [-0.4, -0.2) is 47.6 Å². The number of nitrogens with one attached hydrogen (secondary N) is 1. The molecule has 0 saturated carbocycles. The van der Waals surface area contributed by atoms with Crippen molar-refractivity contribution >= 4 is 5.91 Å². The van der Waals surface area contributed by atoms with E-state index in [1.165, 1.54) is 12.3 Å². The molecule has 1 atom stereocenters. The molecule has 1 amide bonds. The average Bonchev–Trinajstić information content (AvgIpc) is 2.26. The fourth-order valence-electron chi connectivity index (χ4n) is 1.39. The quantitative estimate of drug-likeness (QED) is 0.797. The highest BCUT2D eigenvalue weighted by Gasteiger charge is 2.14. The number of aromatic hydroxyl groups is 1. The summed E-state index contributed by atoms with van der Waals surface area (Å²) in [7, 11) is 3.97. The maximum absolute atomic E-state index is 11.8. The molecule has 0 aromatic carbocycles. The Labute approximate surface area is 101 Å². The van der Waals surface area contributed by atoms with Gasteiger partial charge in [0.15, 0.2) is 5.69 Å². The molecule has 5 heteroatoms. The van der Waals surface area contributed by atoms with E-state index in [4.69, 9.17) is 0 Å². The summed E-state index contributed by atoms with van der Waals surface area (Å²) in [5.41, 5.74) is 0.0733. The first-order valence-electron chi connectivity index (χ1n) is 5.60. The van der Waals surface area contributed by atoms with Gasteiger partial charge >= 0.3 is 0 Å². The normalized spacial score (nSPS) is 12.5. The standard InChI is InChI=1S/C12H19N3O2/c1-9(6-8-15(2)3)14-12(17)11-10(16)5-4-7-13-11/h4-5,7,9,16H,6,8H2,1-3H3,(H,14,17). The van der Waals surface area contributed by atoms with Crippen LogP contribution in [0.15, 0.2) is 18.3 Å². The Hall–Kier alpha value is -1.62. The van der Waals surface area contributed by atoms with Crippen molar-refractivity contribution in [2.24, 2.45) is 0 Å². The molecule has 1 aromatic heterocycles. The number of carbonyl (C=O) groups excluding carboxylic acids is 1. The van der Waals surface area contributed by atoms with E-state index in [0.29, 0.717) is 0 Å². The number of amides is 1. The minimum atomic E-state index is -0.339. The van der Waals surface area contributed by atoms with Crippen molar-refractivity contribution < 1.29 is 9.90 Å². The van der Waals surface area contributed by atoms with Gasteiger partial charge in [0.2, 0.25) is 0 Å². The van der Waals surface area contributed by atoms with Crippen molar-refractivity contribution in [2.45, 2.75) is 19.4 Å². The van der Waals surface area contributed by atoms with Gasteiger partial charge < -0.3 is 15.3 Å². The van der Waals surface area contributed by atoms with Gasteiger partial charge in [0.1, 0.15) is 5.75 Å². The van der Waals surface area contributed by atoms with Crippen molar-refractivity contribution in [3.05, 3.63) is 24.0 Å². The Kier molecular flexibility index (Phi) is 4.90. The summed E-state index contributed by atoms with van der Waals surface area (Å²) in [6.45, 7) is 2.83. The third-order valence-corrected chi connectivity index (χ3v) is 2.39. The van der Waals surface area contributed by atoms with Gasteiger partial charge in [0.25, 0.3) is 5.91 Å². The van der Waals surface area contributed by atoms with Crippen LogP contribution >= 0.6 is 0 Å². The molecule has 1 heterocycles. The molecule has 1 unspecified atom stereocenters. The summed E-state index contributed by atoms with van der Waals surface area (Å²) < 4.78 is 0. The van der Waals surface area contributed by atoms with Crippen LogP contribution in [0.5, 0.6) is 5.75 Å². The van der Waals surface area contributed by atoms with Crippen molar-refractivity contribution in [1.29, 1.82) is 0 Å². The zero-order chi connectivity index (χ0) is 12.8. The molecular weight excluding hydrogens is 218 g/mol. The molecule has 94 valence electrons. The van der Waals surface area contributed by atoms with Crippen LogP contribution in [0.2, 0.25) is 0 Å². The molecule has 1 aromatic rings. The topological polar surface area (TPSA) is 65.5 Å². The van der Waals surface area contributed by atoms with Crippen LogP contribution in [0.25, 0.3) is 0 Å².